The molecule has 4 saturated carbocycles. The molecule has 0 amide bonds. The van der Waals surface area contributed by atoms with Crippen LogP contribution in [0.4, 0.5) is 22.7 Å². The van der Waals surface area contributed by atoms with Crippen LogP contribution in [0.15, 0.2) is 212 Å². The van der Waals surface area contributed by atoms with Gasteiger partial charge >= 0.3 is 0 Å². The van der Waals surface area contributed by atoms with Crippen LogP contribution in [0, 0.1) is 23.7 Å². The Kier molecular flexibility index (Phi) is 12.4. The van der Waals surface area contributed by atoms with Crippen molar-refractivity contribution in [2.45, 2.75) is 114 Å². The zero-order valence-corrected chi connectivity index (χ0v) is 47.4. The van der Waals surface area contributed by atoms with Crippen molar-refractivity contribution in [2.75, 3.05) is 16.5 Å². The summed E-state index contributed by atoms with van der Waals surface area (Å²) < 4.78 is 9.34. The average molecular weight is 1060 g/mol. The van der Waals surface area contributed by atoms with E-state index in [0.29, 0.717) is 30.3 Å². The van der Waals surface area contributed by atoms with E-state index in [1.165, 1.54) is 133 Å². The summed E-state index contributed by atoms with van der Waals surface area (Å²) in [6.45, 7) is 7.47. The third-order valence-electron chi connectivity index (χ3n) is 20.5. The Balaban J connectivity index is 0.919. The van der Waals surface area contributed by atoms with Gasteiger partial charge in [0.15, 0.2) is 0 Å². The van der Waals surface area contributed by atoms with Crippen molar-refractivity contribution >= 4 is 44.6 Å². The molecule has 0 N–H and O–H groups in total. The van der Waals surface area contributed by atoms with Crippen LogP contribution in [0.5, 0.6) is 11.5 Å². The summed E-state index contributed by atoms with van der Waals surface area (Å²) in [4.78, 5) is 10.4. The fourth-order valence-electron chi connectivity index (χ4n) is 17.2. The predicted octanol–water partition coefficient (Wildman–Crippen LogP) is 20.0. The molecular formula is C76H74N4O. The van der Waals surface area contributed by atoms with E-state index in [1.807, 2.05) is 6.20 Å². The highest BCUT2D eigenvalue weighted by atomic mass is 16.5. The normalized spacial score (nSPS) is 23.4. The van der Waals surface area contributed by atoms with E-state index < -0.39 is 0 Å². The molecule has 2 aromatic heterocycles. The summed E-state index contributed by atoms with van der Waals surface area (Å²) in [6, 6.07) is 78.6. The molecule has 5 heteroatoms. The molecule has 5 aliphatic rings. The molecule has 15 rings (SSSR count). The van der Waals surface area contributed by atoms with Gasteiger partial charge in [0.25, 0.3) is 0 Å². The molecule has 1 aliphatic heterocycles. The Morgan fingerprint density at radius 3 is 1.56 bits per heavy atom. The van der Waals surface area contributed by atoms with Crippen molar-refractivity contribution in [2.24, 2.45) is 23.7 Å². The maximum absolute atomic E-state index is 7.04. The van der Waals surface area contributed by atoms with Crippen molar-refractivity contribution in [1.29, 1.82) is 0 Å². The Morgan fingerprint density at radius 2 is 0.963 bits per heavy atom. The first kappa shape index (κ1) is 50.1. The number of anilines is 4. The molecule has 4 aliphatic carbocycles. The molecule has 4 bridgehead atoms. The number of hydrogen-bond donors (Lipinski definition) is 0. The first-order valence-electron chi connectivity index (χ1n) is 30.6. The molecule has 81 heavy (non-hydrogen) atoms. The summed E-state index contributed by atoms with van der Waals surface area (Å²) in [7, 11) is 0. The first-order chi connectivity index (χ1) is 39.8. The van der Waals surface area contributed by atoms with Crippen LogP contribution in [0.25, 0.3) is 38.8 Å². The quantitative estimate of drug-likeness (QED) is 0.137. The Labute approximate surface area is 479 Å². The minimum absolute atomic E-state index is 0.0161. The Hall–Kier alpha value is -7.89. The third-order valence-corrected chi connectivity index (χ3v) is 20.5. The monoisotopic (exact) mass is 1060 g/mol. The van der Waals surface area contributed by atoms with Gasteiger partial charge in [-0.1, -0.05) is 174 Å². The molecule has 8 aromatic carbocycles. The zero-order chi connectivity index (χ0) is 54.3. The largest absolute Gasteiger partial charge is 0.457 e. The van der Waals surface area contributed by atoms with E-state index in [9.17, 15) is 0 Å². The molecule has 0 unspecified atom stereocenters. The summed E-state index contributed by atoms with van der Waals surface area (Å²) in [5, 5.41) is 2.38. The first-order valence-corrected chi connectivity index (χ1v) is 30.6. The minimum atomic E-state index is -0.164. The number of aromatic nitrogens is 2. The van der Waals surface area contributed by atoms with Crippen molar-refractivity contribution in [3.63, 3.8) is 0 Å². The summed E-state index contributed by atoms with van der Waals surface area (Å²) in [6.07, 6.45) is 17.3. The number of benzene rings is 8. The molecule has 0 spiro atoms. The van der Waals surface area contributed by atoms with Crippen molar-refractivity contribution < 1.29 is 4.74 Å². The van der Waals surface area contributed by atoms with Crippen molar-refractivity contribution in [3.05, 3.63) is 240 Å². The second-order valence-corrected chi connectivity index (χ2v) is 25.5. The van der Waals surface area contributed by atoms with Crippen LogP contribution in [-0.4, -0.2) is 16.2 Å². The van der Waals surface area contributed by atoms with Crippen molar-refractivity contribution in [1.82, 2.24) is 9.55 Å². The van der Waals surface area contributed by atoms with Gasteiger partial charge in [0, 0.05) is 45.6 Å². The van der Waals surface area contributed by atoms with Gasteiger partial charge in [-0.15, -0.1) is 0 Å². The number of para-hydroxylation sites is 3. The molecule has 0 atom stereocenters. The van der Waals surface area contributed by atoms with Gasteiger partial charge < -0.3 is 14.5 Å². The van der Waals surface area contributed by atoms with E-state index in [4.69, 9.17) is 9.72 Å². The van der Waals surface area contributed by atoms with Gasteiger partial charge in [-0.25, -0.2) is 4.98 Å². The van der Waals surface area contributed by atoms with E-state index >= 15 is 0 Å². The molecule has 5 nitrogen and oxygen atoms in total. The molecular weight excluding hydrogens is 985 g/mol. The van der Waals surface area contributed by atoms with Crippen LogP contribution in [0.2, 0.25) is 0 Å². The lowest BCUT2D eigenvalue weighted by atomic mass is 9.46. The number of ether oxygens (including phenoxy) is 1. The predicted molar refractivity (Wildman–Crippen MR) is 335 cm³/mol. The highest BCUT2D eigenvalue weighted by Crippen LogP contribution is 2.66. The van der Waals surface area contributed by atoms with Crippen LogP contribution >= 0.6 is 0 Å². The van der Waals surface area contributed by atoms with Gasteiger partial charge in [-0.3, -0.25) is 4.57 Å². The summed E-state index contributed by atoms with van der Waals surface area (Å²) in [5.74, 6) is 4.67. The van der Waals surface area contributed by atoms with Gasteiger partial charge in [-0.05, 0) is 186 Å². The van der Waals surface area contributed by atoms with Gasteiger partial charge in [0.1, 0.15) is 24.0 Å². The lowest BCUT2D eigenvalue weighted by molar-refractivity contribution is 0.0794. The topological polar surface area (TPSA) is 33.5 Å². The number of nitrogens with zero attached hydrogens (tertiary/aromatic N) is 4. The number of rotatable bonds is 10. The average Bonchev–Trinajstić information content (AvgIpc) is 4.15. The SMILES string of the molecule is CC(C)(C)c1ccnc(-n2c3ccccc3c3ccc(Oc4cccc(N5CN(c6c(C7(c8ccccc8)C8CCCC7CCC8)cc(-c7ccccc7)cc6C6(c7ccccc7)C7CCCC6CCC7)c6ccccc65)c4)cc32)c1. The second kappa shape index (κ2) is 20.0. The molecule has 3 heterocycles. The summed E-state index contributed by atoms with van der Waals surface area (Å²) >= 11 is 0. The molecule has 404 valence electrons. The van der Waals surface area contributed by atoms with Gasteiger partial charge in [-0.2, -0.15) is 0 Å². The molecule has 0 radical (unpaired) electrons. The highest BCUT2D eigenvalue weighted by Gasteiger charge is 2.58. The third kappa shape index (κ3) is 8.11. The maximum atomic E-state index is 7.04. The van der Waals surface area contributed by atoms with E-state index in [-0.39, 0.29) is 16.2 Å². The molecule has 0 saturated heterocycles. The van der Waals surface area contributed by atoms with Gasteiger partial charge in [0.05, 0.1) is 28.1 Å². The van der Waals surface area contributed by atoms with E-state index in [2.05, 4.69) is 241 Å². The van der Waals surface area contributed by atoms with E-state index in [0.717, 1.165) is 34.0 Å². The zero-order valence-electron chi connectivity index (χ0n) is 47.4. The second-order valence-electron chi connectivity index (χ2n) is 25.5. The lowest BCUT2D eigenvalue weighted by Gasteiger charge is -2.58. The van der Waals surface area contributed by atoms with Crippen molar-refractivity contribution in [3.8, 4) is 28.4 Å². The standard InChI is InChI=1S/C76H74N4O/c1-74(2,3)60-44-45-77-72(48-60)80-68-39-14-13-38-64(68)65-43-42-63(50-71(65)80)81-62-37-21-36-61(49-62)78-51-79(70-41-16-15-40-69(70)78)73-66(75(54-24-9-5-10-25-54)56-28-17-29-57(75)31-18-30-56)46-53(52-22-7-4-8-23-52)47-67(73)76(55-26-11-6-12-27-55)58-32-19-33-59(76)35-20-34-58/h4-16,21-27,36-50,56-59H,17-20,28-35,51H2,1-3H3. The van der Waals surface area contributed by atoms with Crippen LogP contribution in [0.1, 0.15) is 126 Å². The smallest absolute Gasteiger partial charge is 0.137 e. The molecule has 10 aromatic rings. The van der Waals surface area contributed by atoms with Crippen LogP contribution in [0.3, 0.4) is 0 Å². The number of pyridine rings is 1. The van der Waals surface area contributed by atoms with Gasteiger partial charge in [0.2, 0.25) is 0 Å². The highest BCUT2D eigenvalue weighted by molar-refractivity contribution is 6.09. The minimum Gasteiger partial charge on any atom is -0.457 e. The number of hydrogen-bond acceptors (Lipinski definition) is 4. The van der Waals surface area contributed by atoms with Crippen LogP contribution < -0.4 is 14.5 Å². The van der Waals surface area contributed by atoms with E-state index in [1.54, 1.807) is 11.1 Å². The Morgan fingerprint density at radius 1 is 0.444 bits per heavy atom. The molecule has 4 fully saturated rings. The lowest BCUT2D eigenvalue weighted by Crippen LogP contribution is -2.52. The fraction of sp³-hybridized carbons (Fsp3) is 0.303. The van der Waals surface area contributed by atoms with Crippen LogP contribution in [-0.2, 0) is 16.2 Å². The fourth-order valence-corrected chi connectivity index (χ4v) is 17.2. The maximum Gasteiger partial charge on any atom is 0.137 e. The Bertz CT molecular complexity index is 3810. The summed E-state index contributed by atoms with van der Waals surface area (Å²) in [5.41, 5.74) is 17.0. The number of fused-ring (bicyclic) bond motifs is 8.